The van der Waals surface area contributed by atoms with Crippen LogP contribution in [0.3, 0.4) is 0 Å². The molecule has 1 amide bonds. The van der Waals surface area contributed by atoms with E-state index in [1.54, 1.807) is 0 Å². The lowest BCUT2D eigenvalue weighted by Gasteiger charge is -2.20. The third kappa shape index (κ3) is 5.29. The molecule has 150 valence electrons. The lowest BCUT2D eigenvalue weighted by Crippen LogP contribution is -2.25. The van der Waals surface area contributed by atoms with Crippen LogP contribution in [0, 0.1) is 5.92 Å². The van der Waals surface area contributed by atoms with E-state index in [0.717, 1.165) is 29.4 Å². The number of rotatable bonds is 8. The highest BCUT2D eigenvalue weighted by atomic mass is 16.2. The molecule has 0 bridgehead atoms. The molecule has 6 nitrogen and oxygen atoms in total. The van der Waals surface area contributed by atoms with Crippen LogP contribution >= 0.6 is 0 Å². The summed E-state index contributed by atoms with van der Waals surface area (Å²) >= 11 is 0. The van der Waals surface area contributed by atoms with Crippen LogP contribution in [0.25, 0.3) is 0 Å². The summed E-state index contributed by atoms with van der Waals surface area (Å²) in [5.74, 6) is 2.51. The van der Waals surface area contributed by atoms with Gasteiger partial charge in [0, 0.05) is 45.1 Å². The first-order chi connectivity index (χ1) is 13.4. The monoisotopic (exact) mass is 381 g/mol. The maximum Gasteiger partial charge on any atom is 0.223 e. The van der Waals surface area contributed by atoms with Crippen molar-refractivity contribution < 1.29 is 4.79 Å². The zero-order valence-corrected chi connectivity index (χ0v) is 17.4. The fourth-order valence-electron chi connectivity index (χ4n) is 3.78. The van der Waals surface area contributed by atoms with Crippen molar-refractivity contribution >= 4 is 11.7 Å². The largest absolute Gasteiger partial charge is 0.373 e. The van der Waals surface area contributed by atoms with Gasteiger partial charge in [-0.1, -0.05) is 44.2 Å². The number of aromatic nitrogens is 2. The molecule has 28 heavy (non-hydrogen) atoms. The highest BCUT2D eigenvalue weighted by Gasteiger charge is 2.32. The molecule has 2 heterocycles. The number of nitrogens with one attached hydrogen (secondary N) is 1. The van der Waals surface area contributed by atoms with Crippen LogP contribution in [0.1, 0.15) is 43.3 Å². The Balaban J connectivity index is 1.73. The third-order valence-corrected chi connectivity index (χ3v) is 4.99. The highest BCUT2D eigenvalue weighted by Crippen LogP contribution is 2.29. The van der Waals surface area contributed by atoms with E-state index in [9.17, 15) is 4.79 Å². The van der Waals surface area contributed by atoms with Gasteiger partial charge >= 0.3 is 0 Å². The summed E-state index contributed by atoms with van der Waals surface area (Å²) in [5, 5.41) is 3.14. The second-order valence-corrected chi connectivity index (χ2v) is 8.10. The minimum atomic E-state index is 0.112. The zero-order valence-electron chi connectivity index (χ0n) is 17.4. The van der Waals surface area contributed by atoms with Gasteiger partial charge in [0.1, 0.15) is 11.6 Å². The van der Waals surface area contributed by atoms with Gasteiger partial charge in [0.2, 0.25) is 5.91 Å². The lowest BCUT2D eigenvalue weighted by molar-refractivity contribution is -0.128. The van der Waals surface area contributed by atoms with Crippen LogP contribution in [0.15, 0.2) is 36.4 Å². The topological polar surface area (TPSA) is 61.4 Å². The first-order valence-electron chi connectivity index (χ1n) is 10.0. The Morgan fingerprint density at radius 2 is 2.00 bits per heavy atom. The molecule has 6 heteroatoms. The summed E-state index contributed by atoms with van der Waals surface area (Å²) in [6.07, 6.45) is 0.508. The van der Waals surface area contributed by atoms with Gasteiger partial charge in [0.25, 0.3) is 0 Å². The Morgan fingerprint density at radius 1 is 1.25 bits per heavy atom. The number of carbonyl (C=O) groups excluding carboxylic acids is 1. The van der Waals surface area contributed by atoms with Crippen molar-refractivity contribution in [3.8, 4) is 0 Å². The summed E-state index contributed by atoms with van der Waals surface area (Å²) in [6, 6.07) is 12.1. The van der Waals surface area contributed by atoms with Gasteiger partial charge in [-0.15, -0.1) is 0 Å². The Labute approximate surface area is 168 Å². The molecule has 1 aliphatic rings. The predicted octanol–water partition coefficient (Wildman–Crippen LogP) is 3.12. The lowest BCUT2D eigenvalue weighted by atomic mass is 10.0. The molecule has 1 N–H and O–H groups in total. The van der Waals surface area contributed by atoms with E-state index in [2.05, 4.69) is 48.2 Å². The molecule has 0 radical (unpaired) electrons. The molecule has 1 aromatic heterocycles. The van der Waals surface area contributed by atoms with Gasteiger partial charge in [-0.25, -0.2) is 9.97 Å². The zero-order chi connectivity index (χ0) is 20.1. The summed E-state index contributed by atoms with van der Waals surface area (Å²) in [6.45, 7) is 7.47. The Kier molecular flexibility index (Phi) is 6.62. The molecule has 2 aromatic rings. The SMILES string of the molecule is CNc1cc([C@H]2CC(=O)N(Cc3ccccc3)C2)nc(CN(C)CC(C)C)n1. The van der Waals surface area contributed by atoms with Gasteiger partial charge in [0.05, 0.1) is 12.2 Å². The van der Waals surface area contributed by atoms with Crippen molar-refractivity contribution in [2.75, 3.05) is 32.5 Å². The molecule has 1 aliphatic heterocycles. The van der Waals surface area contributed by atoms with E-state index in [-0.39, 0.29) is 11.8 Å². The van der Waals surface area contributed by atoms with Crippen molar-refractivity contribution in [2.45, 2.75) is 39.3 Å². The number of carbonyl (C=O) groups is 1. The summed E-state index contributed by atoms with van der Waals surface area (Å²) in [4.78, 5) is 26.2. The maximum absolute atomic E-state index is 12.6. The average molecular weight is 382 g/mol. The average Bonchev–Trinajstić information content (AvgIpc) is 3.02. The Morgan fingerprint density at radius 3 is 2.68 bits per heavy atom. The van der Waals surface area contributed by atoms with Gasteiger partial charge in [0.15, 0.2) is 0 Å². The van der Waals surface area contributed by atoms with Crippen molar-refractivity contribution in [3.63, 3.8) is 0 Å². The number of amides is 1. The third-order valence-electron chi connectivity index (χ3n) is 4.99. The van der Waals surface area contributed by atoms with E-state index >= 15 is 0 Å². The molecule has 1 fully saturated rings. The first-order valence-corrected chi connectivity index (χ1v) is 10.0. The highest BCUT2D eigenvalue weighted by molar-refractivity contribution is 5.79. The number of hydrogen-bond donors (Lipinski definition) is 1. The number of anilines is 1. The number of likely N-dealkylation sites (tertiary alicyclic amines) is 1. The fraction of sp³-hybridized carbons (Fsp3) is 0.500. The quantitative estimate of drug-likeness (QED) is 0.761. The van der Waals surface area contributed by atoms with Crippen LogP contribution < -0.4 is 5.32 Å². The smallest absolute Gasteiger partial charge is 0.223 e. The number of nitrogens with zero attached hydrogens (tertiary/aromatic N) is 4. The Bertz CT molecular complexity index is 793. The first kappa shape index (κ1) is 20.3. The van der Waals surface area contributed by atoms with E-state index < -0.39 is 0 Å². The van der Waals surface area contributed by atoms with Crippen LogP contribution in [0.2, 0.25) is 0 Å². The van der Waals surface area contributed by atoms with E-state index in [1.165, 1.54) is 0 Å². The minimum Gasteiger partial charge on any atom is -0.373 e. The molecule has 3 rings (SSSR count). The molecule has 0 saturated carbocycles. The van der Waals surface area contributed by atoms with Crippen LogP contribution in [0.5, 0.6) is 0 Å². The van der Waals surface area contributed by atoms with Gasteiger partial charge in [-0.2, -0.15) is 0 Å². The van der Waals surface area contributed by atoms with Crippen molar-refractivity contribution in [3.05, 3.63) is 53.5 Å². The summed E-state index contributed by atoms with van der Waals surface area (Å²) in [5.41, 5.74) is 2.11. The van der Waals surface area contributed by atoms with Crippen molar-refractivity contribution in [2.24, 2.45) is 5.92 Å². The second-order valence-electron chi connectivity index (χ2n) is 8.10. The maximum atomic E-state index is 12.6. The molecular formula is C22H31N5O. The minimum absolute atomic E-state index is 0.112. The molecule has 1 atom stereocenters. The van der Waals surface area contributed by atoms with Crippen LogP contribution in [-0.4, -0.2) is 52.9 Å². The van der Waals surface area contributed by atoms with Crippen molar-refractivity contribution in [1.82, 2.24) is 19.8 Å². The molecule has 0 spiro atoms. The molecule has 1 aromatic carbocycles. The predicted molar refractivity (Wildman–Crippen MR) is 112 cm³/mol. The molecule has 0 unspecified atom stereocenters. The van der Waals surface area contributed by atoms with Gasteiger partial charge < -0.3 is 10.2 Å². The van der Waals surface area contributed by atoms with E-state index in [1.807, 2.05) is 36.2 Å². The molecule has 1 saturated heterocycles. The summed E-state index contributed by atoms with van der Waals surface area (Å²) in [7, 11) is 3.96. The van der Waals surface area contributed by atoms with Gasteiger partial charge in [-0.05, 0) is 18.5 Å². The van der Waals surface area contributed by atoms with E-state index in [4.69, 9.17) is 4.98 Å². The van der Waals surface area contributed by atoms with Crippen LogP contribution in [-0.2, 0) is 17.9 Å². The van der Waals surface area contributed by atoms with Crippen molar-refractivity contribution in [1.29, 1.82) is 0 Å². The Hall–Kier alpha value is -2.47. The van der Waals surface area contributed by atoms with Gasteiger partial charge in [-0.3, -0.25) is 9.69 Å². The standard InChI is InChI=1S/C22H31N5O/c1-16(2)12-26(4)15-21-24-19(11-20(23-3)25-21)18-10-22(28)27(14-18)13-17-8-6-5-7-9-17/h5-9,11,16,18H,10,12-15H2,1-4H3,(H,23,24,25)/t18-/m0/s1. The van der Waals surface area contributed by atoms with Crippen LogP contribution in [0.4, 0.5) is 5.82 Å². The van der Waals surface area contributed by atoms with E-state index in [0.29, 0.717) is 32.0 Å². The molecular weight excluding hydrogens is 350 g/mol. The number of benzene rings is 1. The normalized spacial score (nSPS) is 17.0. The summed E-state index contributed by atoms with van der Waals surface area (Å²) < 4.78 is 0. The fourth-order valence-corrected chi connectivity index (χ4v) is 3.78. The molecule has 0 aliphatic carbocycles. The second kappa shape index (κ2) is 9.15. The number of hydrogen-bond acceptors (Lipinski definition) is 5.